The molecule has 0 aliphatic carbocycles. The number of hydrogen-bond acceptors (Lipinski definition) is 4. The fraction of sp³-hybridized carbons (Fsp3) is 1.00. The van der Waals surface area contributed by atoms with Gasteiger partial charge in [-0.2, -0.15) is 0 Å². The molecular formula is C16H36NO4+. The van der Waals surface area contributed by atoms with Crippen molar-refractivity contribution in [3.05, 3.63) is 0 Å². The van der Waals surface area contributed by atoms with Gasteiger partial charge in [0, 0.05) is 25.7 Å². The van der Waals surface area contributed by atoms with Crippen LogP contribution in [0.4, 0.5) is 0 Å². The Balaban J connectivity index is 4.85. The van der Waals surface area contributed by atoms with Gasteiger partial charge in [-0.1, -0.05) is 0 Å². The molecule has 0 bridgehead atoms. The van der Waals surface area contributed by atoms with Gasteiger partial charge in [0.05, 0.1) is 50.6 Å². The van der Waals surface area contributed by atoms with E-state index in [0.717, 1.165) is 30.7 Å². The molecule has 21 heavy (non-hydrogen) atoms. The smallest absolute Gasteiger partial charge is 0.0811 e. The molecule has 128 valence electrons. The summed E-state index contributed by atoms with van der Waals surface area (Å²) in [4.78, 5) is 0. The number of aliphatic hydroxyl groups is 4. The summed E-state index contributed by atoms with van der Waals surface area (Å²) in [5, 5.41) is 38.4. The SMILES string of the molecule is CC(O)CC[N+](CCC(C)O)(CCC(C)O)CCC(C)O. The van der Waals surface area contributed by atoms with Crippen LogP contribution in [0.1, 0.15) is 53.4 Å². The topological polar surface area (TPSA) is 80.9 Å². The lowest BCUT2D eigenvalue weighted by Gasteiger charge is -2.40. The molecule has 0 saturated heterocycles. The molecule has 4 unspecified atom stereocenters. The summed E-state index contributed by atoms with van der Waals surface area (Å²) in [6, 6.07) is 0. The Morgan fingerprint density at radius 2 is 0.714 bits per heavy atom. The van der Waals surface area contributed by atoms with Crippen molar-refractivity contribution in [2.45, 2.75) is 77.8 Å². The first-order chi connectivity index (χ1) is 9.67. The van der Waals surface area contributed by atoms with E-state index in [4.69, 9.17) is 0 Å². The van der Waals surface area contributed by atoms with E-state index in [9.17, 15) is 20.4 Å². The quantitative estimate of drug-likeness (QED) is 0.404. The monoisotopic (exact) mass is 306 g/mol. The highest BCUT2D eigenvalue weighted by atomic mass is 16.3. The van der Waals surface area contributed by atoms with Crippen LogP contribution in [0.25, 0.3) is 0 Å². The van der Waals surface area contributed by atoms with Gasteiger partial charge in [-0.3, -0.25) is 0 Å². The first kappa shape index (κ1) is 20.8. The molecule has 0 radical (unpaired) electrons. The largest absolute Gasteiger partial charge is 0.393 e. The van der Waals surface area contributed by atoms with Crippen molar-refractivity contribution in [3.8, 4) is 0 Å². The summed E-state index contributed by atoms with van der Waals surface area (Å²) in [5.41, 5.74) is 0. The fourth-order valence-electron chi connectivity index (χ4n) is 2.51. The van der Waals surface area contributed by atoms with Gasteiger partial charge in [-0.15, -0.1) is 0 Å². The normalized spacial score (nSPS) is 20.6. The van der Waals surface area contributed by atoms with E-state index >= 15 is 0 Å². The number of rotatable bonds is 12. The van der Waals surface area contributed by atoms with Crippen molar-refractivity contribution >= 4 is 0 Å². The lowest BCUT2D eigenvalue weighted by Crippen LogP contribution is -2.53. The van der Waals surface area contributed by atoms with Crippen LogP contribution in [0.15, 0.2) is 0 Å². The summed E-state index contributed by atoms with van der Waals surface area (Å²) in [5.74, 6) is 0. The van der Waals surface area contributed by atoms with Gasteiger partial charge < -0.3 is 24.9 Å². The number of nitrogens with zero attached hydrogens (tertiary/aromatic N) is 1. The molecule has 0 aromatic heterocycles. The molecule has 0 fully saturated rings. The zero-order valence-electron chi connectivity index (χ0n) is 14.2. The minimum absolute atomic E-state index is 0.354. The predicted molar refractivity (Wildman–Crippen MR) is 84.9 cm³/mol. The third-order valence-corrected chi connectivity index (χ3v) is 4.08. The maximum absolute atomic E-state index is 9.59. The van der Waals surface area contributed by atoms with E-state index in [1.54, 1.807) is 27.7 Å². The average molecular weight is 306 g/mol. The summed E-state index contributed by atoms with van der Waals surface area (Å²) >= 11 is 0. The molecule has 0 saturated carbocycles. The average Bonchev–Trinajstić information content (AvgIpc) is 2.36. The van der Waals surface area contributed by atoms with Crippen molar-refractivity contribution in [2.75, 3.05) is 26.2 Å². The van der Waals surface area contributed by atoms with Gasteiger partial charge in [0.25, 0.3) is 0 Å². The molecular weight excluding hydrogens is 270 g/mol. The summed E-state index contributed by atoms with van der Waals surface area (Å²) < 4.78 is 0.742. The summed E-state index contributed by atoms with van der Waals surface area (Å²) in [6.45, 7) is 10.4. The van der Waals surface area contributed by atoms with Crippen molar-refractivity contribution in [1.82, 2.24) is 0 Å². The first-order valence-electron chi connectivity index (χ1n) is 8.24. The van der Waals surface area contributed by atoms with Crippen LogP contribution in [-0.4, -0.2) is 75.5 Å². The Labute approximate surface area is 129 Å². The second kappa shape index (κ2) is 10.5. The van der Waals surface area contributed by atoms with Crippen molar-refractivity contribution in [3.63, 3.8) is 0 Å². The van der Waals surface area contributed by atoms with Gasteiger partial charge >= 0.3 is 0 Å². The molecule has 0 aromatic rings. The second-order valence-corrected chi connectivity index (χ2v) is 6.79. The summed E-state index contributed by atoms with van der Waals surface area (Å²) in [7, 11) is 0. The fourth-order valence-corrected chi connectivity index (χ4v) is 2.51. The van der Waals surface area contributed by atoms with Crippen LogP contribution in [-0.2, 0) is 0 Å². The zero-order chi connectivity index (χ0) is 16.5. The van der Waals surface area contributed by atoms with Crippen molar-refractivity contribution in [1.29, 1.82) is 0 Å². The zero-order valence-corrected chi connectivity index (χ0v) is 14.2. The molecule has 4 N–H and O–H groups in total. The molecule has 0 rings (SSSR count). The molecule has 0 aliphatic rings. The minimum atomic E-state index is -0.354. The van der Waals surface area contributed by atoms with E-state index in [-0.39, 0.29) is 24.4 Å². The highest BCUT2D eigenvalue weighted by Crippen LogP contribution is 2.17. The molecule has 4 atom stereocenters. The van der Waals surface area contributed by atoms with E-state index in [0.29, 0.717) is 25.7 Å². The maximum atomic E-state index is 9.59. The van der Waals surface area contributed by atoms with Gasteiger partial charge in [0.15, 0.2) is 0 Å². The van der Waals surface area contributed by atoms with Crippen LogP contribution >= 0.6 is 0 Å². The Morgan fingerprint density at radius 3 is 0.857 bits per heavy atom. The van der Waals surface area contributed by atoms with Crippen LogP contribution in [0, 0.1) is 0 Å². The first-order valence-corrected chi connectivity index (χ1v) is 8.24. The maximum Gasteiger partial charge on any atom is 0.0811 e. The van der Waals surface area contributed by atoms with Crippen molar-refractivity contribution < 1.29 is 24.9 Å². The van der Waals surface area contributed by atoms with Crippen molar-refractivity contribution in [2.24, 2.45) is 0 Å². The van der Waals surface area contributed by atoms with E-state index in [1.165, 1.54) is 0 Å². The van der Waals surface area contributed by atoms with E-state index in [2.05, 4.69) is 0 Å². The Hall–Kier alpha value is -0.200. The van der Waals surface area contributed by atoms with Gasteiger partial charge in [0.2, 0.25) is 0 Å². The lowest BCUT2D eigenvalue weighted by molar-refractivity contribution is -0.930. The minimum Gasteiger partial charge on any atom is -0.393 e. The molecule has 5 nitrogen and oxygen atoms in total. The molecule has 0 spiro atoms. The number of quaternary nitrogens is 1. The van der Waals surface area contributed by atoms with Gasteiger partial charge in [0.1, 0.15) is 0 Å². The third kappa shape index (κ3) is 11.1. The van der Waals surface area contributed by atoms with E-state index in [1.807, 2.05) is 0 Å². The second-order valence-electron chi connectivity index (χ2n) is 6.79. The van der Waals surface area contributed by atoms with Gasteiger partial charge in [-0.05, 0) is 27.7 Å². The lowest BCUT2D eigenvalue weighted by atomic mass is 10.1. The third-order valence-electron chi connectivity index (χ3n) is 4.08. The molecule has 5 heteroatoms. The Bertz CT molecular complexity index is 201. The highest BCUT2D eigenvalue weighted by molar-refractivity contribution is 4.58. The highest BCUT2D eigenvalue weighted by Gasteiger charge is 2.28. The molecule has 0 aromatic carbocycles. The molecule has 0 amide bonds. The van der Waals surface area contributed by atoms with Crippen LogP contribution in [0.5, 0.6) is 0 Å². The summed E-state index contributed by atoms with van der Waals surface area (Å²) in [6.07, 6.45) is 1.36. The van der Waals surface area contributed by atoms with E-state index < -0.39 is 0 Å². The Kier molecular flexibility index (Phi) is 10.4. The van der Waals surface area contributed by atoms with Crippen LogP contribution in [0.3, 0.4) is 0 Å². The standard InChI is InChI=1S/C16H36NO4/c1-13(18)5-9-17(10-6-14(2)19,11-7-15(3)20)12-8-16(4)21/h13-16,18-21H,5-12H2,1-4H3/q+1. The number of hydrogen-bond donors (Lipinski definition) is 4. The van der Waals surface area contributed by atoms with Crippen LogP contribution < -0.4 is 0 Å². The van der Waals surface area contributed by atoms with Crippen LogP contribution in [0.2, 0.25) is 0 Å². The molecule has 0 heterocycles. The van der Waals surface area contributed by atoms with Gasteiger partial charge in [-0.25, -0.2) is 0 Å². The number of aliphatic hydroxyl groups excluding tert-OH is 4. The molecule has 0 aliphatic heterocycles. The Morgan fingerprint density at radius 1 is 0.524 bits per heavy atom. The predicted octanol–water partition coefficient (Wildman–Crippen LogP) is 0.887.